The van der Waals surface area contributed by atoms with Gasteiger partial charge in [0.25, 0.3) is 0 Å². The van der Waals surface area contributed by atoms with Gasteiger partial charge in [0.1, 0.15) is 25.6 Å². The van der Waals surface area contributed by atoms with Crippen LogP contribution >= 0.6 is 0 Å². The highest BCUT2D eigenvalue weighted by atomic mass is 16.5. The van der Waals surface area contributed by atoms with E-state index in [2.05, 4.69) is 0 Å². The number of esters is 3. The third-order valence-corrected chi connectivity index (χ3v) is 2.77. The van der Waals surface area contributed by atoms with Crippen molar-refractivity contribution in [1.82, 2.24) is 0 Å². The van der Waals surface area contributed by atoms with Crippen molar-refractivity contribution in [2.24, 2.45) is 0 Å². The topological polar surface area (TPSA) is 99.1 Å². The van der Waals surface area contributed by atoms with Gasteiger partial charge in [-0.15, -0.1) is 0 Å². The molecule has 0 aromatic heterocycles. The second kappa shape index (κ2) is 8.02. The van der Waals surface area contributed by atoms with Crippen LogP contribution in [-0.4, -0.2) is 23.0 Å². The minimum atomic E-state index is -0.511. The molecule has 0 amide bonds. The number of carbonyl (C=O) groups excluding carboxylic acids is 3. The van der Waals surface area contributed by atoms with Crippen LogP contribution in [0.4, 0.5) is 0 Å². The molecule has 1 rings (SSSR count). The number of ether oxygens (including phenoxy) is 3. The molecular formula is C15H18O7. The van der Waals surface area contributed by atoms with Crippen LogP contribution in [0.3, 0.4) is 0 Å². The summed E-state index contributed by atoms with van der Waals surface area (Å²) in [5.74, 6) is -1.58. The minimum Gasteiger partial charge on any atom is -0.508 e. The number of hydrogen-bond acceptors (Lipinski definition) is 7. The fourth-order valence-corrected chi connectivity index (χ4v) is 1.73. The lowest BCUT2D eigenvalue weighted by Gasteiger charge is -2.16. The monoisotopic (exact) mass is 310 g/mol. The molecule has 0 saturated heterocycles. The highest BCUT2D eigenvalue weighted by Crippen LogP contribution is 2.27. The zero-order chi connectivity index (χ0) is 16.7. The van der Waals surface area contributed by atoms with Crippen molar-refractivity contribution in [3.8, 4) is 5.75 Å². The maximum Gasteiger partial charge on any atom is 0.302 e. The van der Waals surface area contributed by atoms with Gasteiger partial charge in [0, 0.05) is 31.9 Å². The molecule has 0 bridgehead atoms. The minimum absolute atomic E-state index is 0.0424. The fourth-order valence-electron chi connectivity index (χ4n) is 1.73. The Morgan fingerprint density at radius 2 is 1.27 bits per heavy atom. The Morgan fingerprint density at radius 3 is 1.77 bits per heavy atom. The number of benzene rings is 1. The quantitative estimate of drug-likeness (QED) is 0.629. The van der Waals surface area contributed by atoms with Gasteiger partial charge < -0.3 is 19.3 Å². The van der Waals surface area contributed by atoms with Crippen LogP contribution < -0.4 is 0 Å². The Hall–Kier alpha value is -2.57. The molecule has 0 spiro atoms. The summed E-state index contributed by atoms with van der Waals surface area (Å²) < 4.78 is 14.8. The second-order valence-corrected chi connectivity index (χ2v) is 4.54. The number of phenolic OH excluding ortho intramolecular Hbond substituents is 1. The Kier molecular flexibility index (Phi) is 6.37. The molecule has 0 unspecified atom stereocenters. The summed E-state index contributed by atoms with van der Waals surface area (Å²) in [7, 11) is 0. The Morgan fingerprint density at radius 1 is 0.818 bits per heavy atom. The molecule has 0 fully saturated rings. The van der Waals surface area contributed by atoms with Crippen LogP contribution in [-0.2, 0) is 48.4 Å². The molecule has 1 aromatic rings. The highest BCUT2D eigenvalue weighted by molar-refractivity contribution is 5.67. The van der Waals surface area contributed by atoms with E-state index in [4.69, 9.17) is 14.2 Å². The van der Waals surface area contributed by atoms with Gasteiger partial charge in [-0.1, -0.05) is 6.07 Å². The summed E-state index contributed by atoms with van der Waals surface area (Å²) in [4.78, 5) is 32.9. The van der Waals surface area contributed by atoms with Crippen LogP contribution in [0.5, 0.6) is 5.75 Å². The van der Waals surface area contributed by atoms with Crippen molar-refractivity contribution in [3.05, 3.63) is 28.8 Å². The molecule has 22 heavy (non-hydrogen) atoms. The predicted octanol–water partition coefficient (Wildman–Crippen LogP) is 1.58. The van der Waals surface area contributed by atoms with Gasteiger partial charge in [0.05, 0.1) is 0 Å². The van der Waals surface area contributed by atoms with E-state index in [0.717, 1.165) is 0 Å². The van der Waals surface area contributed by atoms with Crippen molar-refractivity contribution in [2.45, 2.75) is 40.6 Å². The van der Waals surface area contributed by atoms with Gasteiger partial charge in [-0.25, -0.2) is 0 Å². The zero-order valence-electron chi connectivity index (χ0n) is 12.7. The molecule has 1 N–H and O–H groups in total. The lowest BCUT2D eigenvalue weighted by Crippen LogP contribution is -2.10. The summed E-state index contributed by atoms with van der Waals surface area (Å²) in [6, 6.07) is 2.95. The lowest BCUT2D eigenvalue weighted by molar-refractivity contribution is -0.144. The van der Waals surface area contributed by atoms with Crippen LogP contribution in [0.1, 0.15) is 37.5 Å². The Bertz CT molecular complexity index is 577. The van der Waals surface area contributed by atoms with Crippen molar-refractivity contribution >= 4 is 17.9 Å². The molecule has 0 atom stereocenters. The first kappa shape index (κ1) is 17.5. The van der Waals surface area contributed by atoms with E-state index in [0.29, 0.717) is 16.7 Å². The zero-order valence-corrected chi connectivity index (χ0v) is 12.7. The van der Waals surface area contributed by atoms with E-state index in [1.165, 1.54) is 26.8 Å². The van der Waals surface area contributed by atoms with E-state index in [9.17, 15) is 19.5 Å². The number of phenols is 1. The summed E-state index contributed by atoms with van der Waals surface area (Å²) in [6.07, 6.45) is 0. The molecule has 120 valence electrons. The van der Waals surface area contributed by atoms with E-state index in [1.807, 2.05) is 0 Å². The SMILES string of the molecule is CC(=O)OCc1ccc(O)c(COC(C)=O)c1COC(C)=O. The summed E-state index contributed by atoms with van der Waals surface area (Å²) in [6.45, 7) is 3.42. The fraction of sp³-hybridized carbons (Fsp3) is 0.400. The van der Waals surface area contributed by atoms with Crippen LogP contribution in [0, 0.1) is 0 Å². The first-order chi connectivity index (χ1) is 10.3. The second-order valence-electron chi connectivity index (χ2n) is 4.54. The Labute approximate surface area is 127 Å². The largest absolute Gasteiger partial charge is 0.508 e. The number of carbonyl (C=O) groups is 3. The van der Waals surface area contributed by atoms with E-state index in [-0.39, 0.29) is 25.6 Å². The van der Waals surface area contributed by atoms with E-state index < -0.39 is 17.9 Å². The molecule has 1 aromatic carbocycles. The lowest BCUT2D eigenvalue weighted by atomic mass is 10.0. The molecule has 0 aliphatic carbocycles. The van der Waals surface area contributed by atoms with Gasteiger partial charge in [0.15, 0.2) is 0 Å². The van der Waals surface area contributed by atoms with Gasteiger partial charge in [0.2, 0.25) is 0 Å². The van der Waals surface area contributed by atoms with Gasteiger partial charge >= 0.3 is 17.9 Å². The normalized spacial score (nSPS) is 9.95. The third kappa shape index (κ3) is 5.43. The average Bonchev–Trinajstić information content (AvgIpc) is 2.42. The molecule has 0 saturated carbocycles. The molecule has 0 heterocycles. The molecule has 0 aliphatic rings. The third-order valence-electron chi connectivity index (χ3n) is 2.77. The average molecular weight is 310 g/mol. The summed E-state index contributed by atoms with van der Waals surface area (Å²) in [5, 5.41) is 9.93. The van der Waals surface area contributed by atoms with Crippen LogP contribution in [0.25, 0.3) is 0 Å². The van der Waals surface area contributed by atoms with Gasteiger partial charge in [-0.2, -0.15) is 0 Å². The number of aromatic hydroxyl groups is 1. The smallest absolute Gasteiger partial charge is 0.302 e. The number of rotatable bonds is 6. The predicted molar refractivity (Wildman–Crippen MR) is 74.5 cm³/mol. The van der Waals surface area contributed by atoms with Crippen molar-refractivity contribution in [3.63, 3.8) is 0 Å². The van der Waals surface area contributed by atoms with Crippen molar-refractivity contribution in [1.29, 1.82) is 0 Å². The first-order valence-corrected chi connectivity index (χ1v) is 6.54. The van der Waals surface area contributed by atoms with Crippen molar-refractivity contribution in [2.75, 3.05) is 0 Å². The molecule has 0 aliphatic heterocycles. The van der Waals surface area contributed by atoms with E-state index in [1.54, 1.807) is 6.07 Å². The highest BCUT2D eigenvalue weighted by Gasteiger charge is 2.16. The maximum atomic E-state index is 11.0. The van der Waals surface area contributed by atoms with Gasteiger partial charge in [-0.05, 0) is 11.6 Å². The maximum absolute atomic E-state index is 11.0. The number of hydrogen-bond donors (Lipinski definition) is 1. The molecule has 7 heteroatoms. The van der Waals surface area contributed by atoms with Crippen LogP contribution in [0.15, 0.2) is 12.1 Å². The standard InChI is InChI=1S/C15H18O7/c1-9(16)20-6-12-4-5-15(19)14(8-22-11(3)18)13(12)7-21-10(2)17/h4-5,19H,6-8H2,1-3H3. The summed E-state index contributed by atoms with van der Waals surface area (Å²) >= 11 is 0. The molecule has 0 radical (unpaired) electrons. The molecule has 7 nitrogen and oxygen atoms in total. The van der Waals surface area contributed by atoms with Gasteiger partial charge in [-0.3, -0.25) is 14.4 Å². The molecular weight excluding hydrogens is 292 g/mol. The first-order valence-electron chi connectivity index (χ1n) is 6.54. The van der Waals surface area contributed by atoms with E-state index >= 15 is 0 Å². The van der Waals surface area contributed by atoms with Crippen molar-refractivity contribution < 1.29 is 33.7 Å². The van der Waals surface area contributed by atoms with Crippen LogP contribution in [0.2, 0.25) is 0 Å². The summed E-state index contributed by atoms with van der Waals surface area (Å²) in [5.41, 5.74) is 1.30. The Balaban J connectivity index is 3.12.